The number of fused-ring (bicyclic) bond motifs is 1. The topological polar surface area (TPSA) is 74.8 Å². The summed E-state index contributed by atoms with van der Waals surface area (Å²) in [7, 11) is 0. The Labute approximate surface area is 210 Å². The van der Waals surface area contributed by atoms with Crippen molar-refractivity contribution >= 4 is 38.6 Å². The number of ether oxygens (including phenoxy) is 1. The van der Waals surface area contributed by atoms with Crippen LogP contribution in [-0.2, 0) is 0 Å². The fourth-order valence-corrected chi connectivity index (χ4v) is 5.79. The number of nitrogens with one attached hydrogen (secondary N) is 1. The molecule has 1 saturated heterocycles. The summed E-state index contributed by atoms with van der Waals surface area (Å²) in [4.78, 5) is 33.8. The maximum Gasteiger partial charge on any atom is 0.323 e. The van der Waals surface area contributed by atoms with Gasteiger partial charge in [-0.1, -0.05) is 61.6 Å². The molecule has 3 aromatic rings. The van der Waals surface area contributed by atoms with Gasteiger partial charge in [0.25, 0.3) is 5.91 Å². The summed E-state index contributed by atoms with van der Waals surface area (Å²) >= 11 is 1.46. The van der Waals surface area contributed by atoms with Crippen molar-refractivity contribution in [3.05, 3.63) is 54.1 Å². The predicted octanol–water partition coefficient (Wildman–Crippen LogP) is 5.64. The average Bonchev–Trinajstić information content (AvgIpc) is 3.31. The molecule has 2 aliphatic rings. The molecular formula is C27H32N4O3S. The molecule has 1 aliphatic heterocycles. The van der Waals surface area contributed by atoms with E-state index in [0.717, 1.165) is 28.3 Å². The van der Waals surface area contributed by atoms with Crippen molar-refractivity contribution in [1.29, 1.82) is 0 Å². The highest BCUT2D eigenvalue weighted by molar-refractivity contribution is 7.22. The van der Waals surface area contributed by atoms with Gasteiger partial charge in [0.2, 0.25) is 0 Å². The first-order chi connectivity index (χ1) is 17.2. The van der Waals surface area contributed by atoms with E-state index in [1.165, 1.54) is 43.4 Å². The third-order valence-corrected chi connectivity index (χ3v) is 7.91. The third kappa shape index (κ3) is 5.93. The molecule has 3 amide bonds. The van der Waals surface area contributed by atoms with Crippen molar-refractivity contribution in [3.63, 3.8) is 0 Å². The monoisotopic (exact) mass is 492 g/mol. The maximum atomic E-state index is 13.1. The van der Waals surface area contributed by atoms with Crippen molar-refractivity contribution < 1.29 is 14.3 Å². The highest BCUT2D eigenvalue weighted by Crippen LogP contribution is 2.27. The zero-order chi connectivity index (χ0) is 24.0. The zero-order valence-corrected chi connectivity index (χ0v) is 20.8. The normalized spacial score (nSPS) is 16.9. The van der Waals surface area contributed by atoms with Crippen LogP contribution in [0.2, 0.25) is 0 Å². The SMILES string of the molecule is O=C(Nc1nc2ccccc2s1)N1CCN(C(=O)c2cccc(OCCC3CCCCC3)c2)CC1. The third-order valence-electron chi connectivity index (χ3n) is 6.96. The Balaban J connectivity index is 1.10. The first-order valence-electron chi connectivity index (χ1n) is 12.6. The van der Waals surface area contributed by atoms with Gasteiger partial charge in [-0.05, 0) is 42.7 Å². The molecule has 2 fully saturated rings. The molecule has 5 rings (SSSR count). The summed E-state index contributed by atoms with van der Waals surface area (Å²) in [5.41, 5.74) is 1.51. The number of hydrogen-bond donors (Lipinski definition) is 1. The number of anilines is 1. The van der Waals surface area contributed by atoms with Gasteiger partial charge in [0.1, 0.15) is 5.75 Å². The summed E-state index contributed by atoms with van der Waals surface area (Å²) in [6.07, 6.45) is 7.75. The Hall–Kier alpha value is -3.13. The molecule has 0 radical (unpaired) electrons. The number of thiazole rings is 1. The van der Waals surface area contributed by atoms with Gasteiger partial charge in [0, 0.05) is 31.7 Å². The summed E-state index contributed by atoms with van der Waals surface area (Å²) < 4.78 is 7.02. The van der Waals surface area contributed by atoms with Gasteiger partial charge < -0.3 is 14.5 Å². The van der Waals surface area contributed by atoms with Crippen molar-refractivity contribution in [1.82, 2.24) is 14.8 Å². The van der Waals surface area contributed by atoms with E-state index in [9.17, 15) is 9.59 Å². The number of amides is 3. The lowest BCUT2D eigenvalue weighted by molar-refractivity contribution is 0.0671. The molecule has 1 aromatic heterocycles. The van der Waals surface area contributed by atoms with Gasteiger partial charge >= 0.3 is 6.03 Å². The van der Waals surface area contributed by atoms with Crippen LogP contribution in [0.15, 0.2) is 48.5 Å². The second kappa shape index (κ2) is 11.1. The second-order valence-electron chi connectivity index (χ2n) is 9.37. The molecule has 7 nitrogen and oxygen atoms in total. The van der Waals surface area contributed by atoms with E-state index < -0.39 is 0 Å². The molecule has 1 saturated carbocycles. The molecule has 0 bridgehead atoms. The van der Waals surface area contributed by atoms with Crippen molar-refractivity contribution in [2.45, 2.75) is 38.5 Å². The number of rotatable bonds is 6. The van der Waals surface area contributed by atoms with Crippen LogP contribution in [-0.4, -0.2) is 59.5 Å². The standard InChI is InChI=1S/C27H32N4O3S/c32-25(21-9-6-10-22(19-21)34-18-13-20-7-2-1-3-8-20)30-14-16-31(17-15-30)27(33)29-26-28-23-11-4-5-12-24(23)35-26/h4-6,9-12,19-20H,1-3,7-8,13-18H2,(H,28,29,33). The number of carbonyl (C=O) groups is 2. The van der Waals surface area contributed by atoms with E-state index in [1.807, 2.05) is 53.4 Å². The molecule has 8 heteroatoms. The lowest BCUT2D eigenvalue weighted by atomic mass is 9.87. The Bertz CT molecular complexity index is 1130. The largest absolute Gasteiger partial charge is 0.494 e. The van der Waals surface area contributed by atoms with Crippen LogP contribution in [0.1, 0.15) is 48.9 Å². The number of benzene rings is 2. The van der Waals surface area contributed by atoms with Gasteiger partial charge in [-0.15, -0.1) is 0 Å². The lowest BCUT2D eigenvalue weighted by Crippen LogP contribution is -2.51. The van der Waals surface area contributed by atoms with Gasteiger partial charge in [0.15, 0.2) is 5.13 Å². The predicted molar refractivity (Wildman–Crippen MR) is 139 cm³/mol. The number of urea groups is 1. The zero-order valence-electron chi connectivity index (χ0n) is 19.9. The molecule has 0 atom stereocenters. The number of carbonyl (C=O) groups excluding carboxylic acids is 2. The van der Waals surface area contributed by atoms with E-state index >= 15 is 0 Å². The summed E-state index contributed by atoms with van der Waals surface area (Å²) in [5, 5.41) is 3.49. The van der Waals surface area contributed by atoms with E-state index in [1.54, 1.807) is 4.90 Å². The quantitative estimate of drug-likeness (QED) is 0.484. The molecule has 184 valence electrons. The van der Waals surface area contributed by atoms with Crippen molar-refractivity contribution in [2.75, 3.05) is 38.1 Å². The Kier molecular flexibility index (Phi) is 7.47. The summed E-state index contributed by atoms with van der Waals surface area (Å²) in [6.45, 7) is 2.67. The van der Waals surface area contributed by atoms with E-state index in [-0.39, 0.29) is 11.9 Å². The molecule has 0 spiro atoms. The Morgan fingerprint density at radius 2 is 1.74 bits per heavy atom. The van der Waals surface area contributed by atoms with Crippen molar-refractivity contribution in [2.24, 2.45) is 5.92 Å². The van der Waals surface area contributed by atoms with Crippen molar-refractivity contribution in [3.8, 4) is 5.75 Å². The lowest BCUT2D eigenvalue weighted by Gasteiger charge is -2.34. The highest BCUT2D eigenvalue weighted by Gasteiger charge is 2.25. The minimum atomic E-state index is -0.176. The van der Waals surface area contributed by atoms with Crippen LogP contribution < -0.4 is 10.1 Å². The number of piperazine rings is 1. The van der Waals surface area contributed by atoms with Crippen LogP contribution >= 0.6 is 11.3 Å². The van der Waals surface area contributed by atoms with E-state index in [2.05, 4.69) is 10.3 Å². The van der Waals surface area contributed by atoms with Crippen LogP contribution in [0.4, 0.5) is 9.93 Å². The van der Waals surface area contributed by atoms with Crippen LogP contribution in [0.25, 0.3) is 10.2 Å². The van der Waals surface area contributed by atoms with Gasteiger partial charge in [0.05, 0.1) is 16.8 Å². The number of para-hydroxylation sites is 1. The van der Waals surface area contributed by atoms with Gasteiger partial charge in [-0.3, -0.25) is 10.1 Å². The number of aromatic nitrogens is 1. The van der Waals surface area contributed by atoms with Crippen LogP contribution in [0.5, 0.6) is 5.75 Å². The fourth-order valence-electron chi connectivity index (χ4n) is 4.93. The minimum Gasteiger partial charge on any atom is -0.494 e. The molecule has 35 heavy (non-hydrogen) atoms. The molecule has 1 aliphatic carbocycles. The van der Waals surface area contributed by atoms with Crippen LogP contribution in [0, 0.1) is 5.92 Å². The molecular weight excluding hydrogens is 460 g/mol. The first-order valence-corrected chi connectivity index (χ1v) is 13.4. The fraction of sp³-hybridized carbons (Fsp3) is 0.444. The summed E-state index contributed by atoms with van der Waals surface area (Å²) in [5.74, 6) is 1.51. The Morgan fingerprint density at radius 3 is 2.54 bits per heavy atom. The molecule has 0 unspecified atom stereocenters. The number of nitrogens with zero attached hydrogens (tertiary/aromatic N) is 3. The van der Waals surface area contributed by atoms with Gasteiger partial charge in [-0.2, -0.15) is 0 Å². The van der Waals surface area contributed by atoms with E-state index in [0.29, 0.717) is 43.5 Å². The molecule has 1 N–H and O–H groups in total. The first kappa shape index (κ1) is 23.6. The Morgan fingerprint density at radius 1 is 0.971 bits per heavy atom. The second-order valence-corrected chi connectivity index (χ2v) is 10.4. The smallest absolute Gasteiger partial charge is 0.323 e. The average molecular weight is 493 g/mol. The summed E-state index contributed by atoms with van der Waals surface area (Å²) in [6, 6.07) is 15.1. The van der Waals surface area contributed by atoms with Crippen LogP contribution in [0.3, 0.4) is 0 Å². The number of hydrogen-bond acceptors (Lipinski definition) is 5. The molecule has 2 aromatic carbocycles. The minimum absolute atomic E-state index is 0.0195. The van der Waals surface area contributed by atoms with E-state index in [4.69, 9.17) is 4.74 Å². The van der Waals surface area contributed by atoms with Gasteiger partial charge in [-0.25, -0.2) is 9.78 Å². The highest BCUT2D eigenvalue weighted by atomic mass is 32.1. The maximum absolute atomic E-state index is 13.1. The molecule has 2 heterocycles.